The monoisotopic (exact) mass is 190 g/mol. The van der Waals surface area contributed by atoms with E-state index in [1.165, 1.54) is 12.3 Å². The Hall–Kier alpha value is -1.10. The number of nitrogens with zero attached hydrogens (tertiary/aromatic N) is 1. The molecule has 0 saturated heterocycles. The maximum absolute atomic E-state index is 12.3. The van der Waals surface area contributed by atoms with Crippen LogP contribution in [0, 0.1) is 0 Å². The van der Waals surface area contributed by atoms with Gasteiger partial charge < -0.3 is 5.32 Å². The Morgan fingerprint density at radius 2 is 2.15 bits per heavy atom. The largest absolute Gasteiger partial charge is 0.418 e. The number of pyridine rings is 1. The Kier molecular flexibility index (Phi) is 2.87. The van der Waals surface area contributed by atoms with Crippen LogP contribution >= 0.6 is 0 Å². The van der Waals surface area contributed by atoms with Gasteiger partial charge in [-0.15, -0.1) is 0 Å². The molecule has 0 bridgehead atoms. The van der Waals surface area contributed by atoms with Gasteiger partial charge in [0, 0.05) is 18.9 Å². The first-order chi connectivity index (χ1) is 6.05. The van der Waals surface area contributed by atoms with Gasteiger partial charge >= 0.3 is 6.18 Å². The average molecular weight is 190 g/mol. The molecule has 0 aliphatic heterocycles. The highest BCUT2D eigenvalue weighted by Gasteiger charge is 2.33. The van der Waals surface area contributed by atoms with Crippen molar-refractivity contribution in [2.24, 2.45) is 0 Å². The van der Waals surface area contributed by atoms with Crippen LogP contribution in [0.15, 0.2) is 18.5 Å². The van der Waals surface area contributed by atoms with Crippen molar-refractivity contribution in [1.82, 2.24) is 10.3 Å². The van der Waals surface area contributed by atoms with Crippen molar-refractivity contribution in [2.45, 2.75) is 12.7 Å². The van der Waals surface area contributed by atoms with Crippen molar-refractivity contribution in [2.75, 3.05) is 7.05 Å². The van der Waals surface area contributed by atoms with E-state index in [0.29, 0.717) is 0 Å². The summed E-state index contributed by atoms with van der Waals surface area (Å²) in [6.45, 7) is 0.192. The fraction of sp³-hybridized carbons (Fsp3) is 0.375. The number of hydrogen-bond acceptors (Lipinski definition) is 2. The van der Waals surface area contributed by atoms with E-state index < -0.39 is 11.7 Å². The first kappa shape index (κ1) is 9.98. The summed E-state index contributed by atoms with van der Waals surface area (Å²) >= 11 is 0. The van der Waals surface area contributed by atoms with E-state index in [1.807, 2.05) is 0 Å². The van der Waals surface area contributed by atoms with Crippen molar-refractivity contribution >= 4 is 0 Å². The molecule has 1 N–H and O–H groups in total. The van der Waals surface area contributed by atoms with Gasteiger partial charge in [0.15, 0.2) is 0 Å². The first-order valence-electron chi connectivity index (χ1n) is 3.70. The zero-order valence-electron chi connectivity index (χ0n) is 7.02. The molecule has 0 saturated carbocycles. The number of aromatic nitrogens is 1. The van der Waals surface area contributed by atoms with Crippen LogP contribution in [0.1, 0.15) is 11.1 Å². The number of hydrogen-bond donors (Lipinski definition) is 1. The number of rotatable bonds is 2. The predicted octanol–water partition coefficient (Wildman–Crippen LogP) is 1.82. The average Bonchev–Trinajstić information content (AvgIpc) is 2.04. The van der Waals surface area contributed by atoms with Crippen molar-refractivity contribution < 1.29 is 13.2 Å². The molecule has 0 unspecified atom stereocenters. The van der Waals surface area contributed by atoms with Crippen molar-refractivity contribution in [3.05, 3.63) is 29.6 Å². The number of nitrogens with one attached hydrogen (secondary N) is 1. The van der Waals surface area contributed by atoms with E-state index >= 15 is 0 Å². The maximum atomic E-state index is 12.3. The summed E-state index contributed by atoms with van der Waals surface area (Å²) in [5.74, 6) is 0. The molecule has 0 aliphatic carbocycles. The fourth-order valence-electron chi connectivity index (χ4n) is 1.02. The molecule has 13 heavy (non-hydrogen) atoms. The smallest absolute Gasteiger partial charge is 0.316 e. The Labute approximate surface area is 73.8 Å². The summed E-state index contributed by atoms with van der Waals surface area (Å²) in [5.41, 5.74) is -0.464. The van der Waals surface area contributed by atoms with Gasteiger partial charge in [0.2, 0.25) is 0 Å². The number of halogens is 3. The third kappa shape index (κ3) is 2.42. The van der Waals surface area contributed by atoms with E-state index in [-0.39, 0.29) is 12.1 Å². The number of alkyl halides is 3. The van der Waals surface area contributed by atoms with Gasteiger partial charge in [-0.2, -0.15) is 13.2 Å². The first-order valence-corrected chi connectivity index (χ1v) is 3.70. The maximum Gasteiger partial charge on any atom is 0.418 e. The van der Waals surface area contributed by atoms with Crippen molar-refractivity contribution in [3.63, 3.8) is 0 Å². The molecular weight excluding hydrogens is 181 g/mol. The summed E-state index contributed by atoms with van der Waals surface area (Å²) in [6, 6.07) is 1.36. The molecular formula is C8H9F3N2. The third-order valence-electron chi connectivity index (χ3n) is 1.58. The second kappa shape index (κ2) is 3.74. The molecule has 0 fully saturated rings. The van der Waals surface area contributed by atoms with Crippen molar-refractivity contribution in [1.29, 1.82) is 0 Å². The minimum absolute atomic E-state index is 0.192. The summed E-state index contributed by atoms with van der Waals surface area (Å²) < 4.78 is 36.9. The Morgan fingerprint density at radius 3 is 2.69 bits per heavy atom. The predicted molar refractivity (Wildman–Crippen MR) is 42.0 cm³/mol. The molecule has 0 aliphatic rings. The highest BCUT2D eigenvalue weighted by atomic mass is 19.4. The second-order valence-electron chi connectivity index (χ2n) is 2.56. The van der Waals surface area contributed by atoms with Crippen LogP contribution in [0.5, 0.6) is 0 Å². The van der Waals surface area contributed by atoms with Crippen LogP contribution in [0.3, 0.4) is 0 Å². The Morgan fingerprint density at radius 1 is 1.46 bits per heavy atom. The van der Waals surface area contributed by atoms with Gasteiger partial charge in [-0.3, -0.25) is 4.98 Å². The van der Waals surface area contributed by atoms with Crippen LogP contribution in [-0.2, 0) is 12.7 Å². The molecule has 0 spiro atoms. The second-order valence-corrected chi connectivity index (χ2v) is 2.56. The van der Waals surface area contributed by atoms with Gasteiger partial charge in [0.05, 0.1) is 5.56 Å². The van der Waals surface area contributed by atoms with Crippen LogP contribution in [0.4, 0.5) is 13.2 Å². The highest BCUT2D eigenvalue weighted by molar-refractivity contribution is 5.25. The Bertz CT molecular complexity index is 283. The topological polar surface area (TPSA) is 24.9 Å². The standard InChI is InChI=1S/C8H9F3N2/c1-12-4-6-2-3-13-5-7(6)8(9,10)11/h2-3,5,12H,4H2,1H3. The summed E-state index contributed by atoms with van der Waals surface area (Å²) in [6.07, 6.45) is -2.13. The van der Waals surface area contributed by atoms with Gasteiger partial charge in [-0.05, 0) is 18.7 Å². The molecule has 1 aromatic rings. The molecule has 1 rings (SSSR count). The van der Waals surface area contributed by atoms with Crippen molar-refractivity contribution in [3.8, 4) is 0 Å². The molecule has 0 aromatic carbocycles. The van der Waals surface area contributed by atoms with E-state index in [4.69, 9.17) is 0 Å². The molecule has 72 valence electrons. The van der Waals surface area contributed by atoms with E-state index in [1.54, 1.807) is 7.05 Å². The van der Waals surface area contributed by atoms with Crippen LogP contribution in [0.25, 0.3) is 0 Å². The molecule has 1 heterocycles. The lowest BCUT2D eigenvalue weighted by Crippen LogP contribution is -2.14. The van der Waals surface area contributed by atoms with E-state index in [2.05, 4.69) is 10.3 Å². The molecule has 0 atom stereocenters. The van der Waals surface area contributed by atoms with E-state index in [0.717, 1.165) is 6.20 Å². The van der Waals surface area contributed by atoms with Crippen LogP contribution in [-0.4, -0.2) is 12.0 Å². The lowest BCUT2D eigenvalue weighted by molar-refractivity contribution is -0.138. The van der Waals surface area contributed by atoms with Crippen LogP contribution < -0.4 is 5.32 Å². The molecule has 2 nitrogen and oxygen atoms in total. The van der Waals surface area contributed by atoms with Gasteiger partial charge in [0.25, 0.3) is 0 Å². The lowest BCUT2D eigenvalue weighted by Gasteiger charge is -2.10. The quantitative estimate of drug-likeness (QED) is 0.769. The molecule has 0 amide bonds. The van der Waals surface area contributed by atoms with Crippen LogP contribution in [0.2, 0.25) is 0 Å². The highest BCUT2D eigenvalue weighted by Crippen LogP contribution is 2.30. The zero-order valence-corrected chi connectivity index (χ0v) is 7.02. The Balaban J connectivity index is 3.05. The zero-order chi connectivity index (χ0) is 9.90. The normalized spacial score (nSPS) is 11.7. The molecule has 1 aromatic heterocycles. The minimum Gasteiger partial charge on any atom is -0.316 e. The summed E-state index contributed by atoms with van der Waals surface area (Å²) in [4.78, 5) is 3.45. The molecule has 0 radical (unpaired) electrons. The SMILES string of the molecule is CNCc1ccncc1C(F)(F)F. The lowest BCUT2D eigenvalue weighted by atomic mass is 10.1. The van der Waals surface area contributed by atoms with Gasteiger partial charge in [0.1, 0.15) is 0 Å². The third-order valence-corrected chi connectivity index (χ3v) is 1.58. The summed E-state index contributed by atoms with van der Waals surface area (Å²) in [7, 11) is 1.60. The van der Waals surface area contributed by atoms with Gasteiger partial charge in [-0.1, -0.05) is 0 Å². The minimum atomic E-state index is -4.32. The molecule has 5 heteroatoms. The van der Waals surface area contributed by atoms with Gasteiger partial charge in [-0.25, -0.2) is 0 Å². The summed E-state index contributed by atoms with van der Waals surface area (Å²) in [5, 5.41) is 2.67. The van der Waals surface area contributed by atoms with E-state index in [9.17, 15) is 13.2 Å². The fourth-order valence-corrected chi connectivity index (χ4v) is 1.02.